The third-order valence-electron chi connectivity index (χ3n) is 3.03. The molecule has 3 aromatic rings. The van der Waals surface area contributed by atoms with Gasteiger partial charge in [0, 0.05) is 10.0 Å². The molecule has 0 saturated carbocycles. The van der Waals surface area contributed by atoms with Gasteiger partial charge in [0.25, 0.3) is 0 Å². The molecule has 0 aliphatic carbocycles. The molecule has 4 nitrogen and oxygen atoms in total. The van der Waals surface area contributed by atoms with E-state index >= 15 is 0 Å². The van der Waals surface area contributed by atoms with Gasteiger partial charge in [-0.15, -0.1) is 0 Å². The molecule has 19 heavy (non-hydrogen) atoms. The molecule has 0 unspecified atom stereocenters. The maximum atomic E-state index is 5.82. The molecule has 2 N–H and O–H groups in total. The lowest BCUT2D eigenvalue weighted by atomic mass is 9.99. The number of nitrogens with two attached hydrogens (primary N) is 1. The summed E-state index contributed by atoms with van der Waals surface area (Å²) in [4.78, 5) is 0. The zero-order valence-corrected chi connectivity index (χ0v) is 11.8. The summed E-state index contributed by atoms with van der Waals surface area (Å²) in [7, 11) is 1.63. The molecule has 1 heterocycles. The van der Waals surface area contributed by atoms with Crippen LogP contribution in [0.5, 0.6) is 5.75 Å². The van der Waals surface area contributed by atoms with Crippen molar-refractivity contribution in [3.05, 3.63) is 41.0 Å². The van der Waals surface area contributed by atoms with Crippen LogP contribution in [0.25, 0.3) is 21.9 Å². The number of methoxy groups -OCH3 is 1. The fourth-order valence-electron chi connectivity index (χ4n) is 2.16. The zero-order valence-electron chi connectivity index (χ0n) is 10.2. The Balaban J connectivity index is 2.40. The van der Waals surface area contributed by atoms with E-state index in [1.165, 1.54) is 0 Å². The van der Waals surface area contributed by atoms with E-state index in [-0.39, 0.29) is 5.88 Å². The summed E-state index contributed by atoms with van der Waals surface area (Å²) in [6.45, 7) is 0. The summed E-state index contributed by atoms with van der Waals surface area (Å²) in [5, 5.41) is 5.86. The normalized spacial score (nSPS) is 10.8. The van der Waals surface area contributed by atoms with Crippen LogP contribution in [-0.4, -0.2) is 12.3 Å². The Morgan fingerprint density at radius 3 is 2.79 bits per heavy atom. The average molecular weight is 319 g/mol. The van der Waals surface area contributed by atoms with Crippen molar-refractivity contribution in [2.45, 2.75) is 0 Å². The molecule has 0 spiro atoms. The number of halogens is 1. The molecule has 0 fully saturated rings. The Morgan fingerprint density at radius 2 is 2.11 bits per heavy atom. The highest BCUT2D eigenvalue weighted by Crippen LogP contribution is 2.40. The summed E-state index contributed by atoms with van der Waals surface area (Å²) < 4.78 is 11.4. The third kappa shape index (κ3) is 1.96. The summed E-state index contributed by atoms with van der Waals surface area (Å²) in [5.41, 5.74) is 7.46. The average Bonchev–Trinajstić information content (AvgIpc) is 2.83. The van der Waals surface area contributed by atoms with Gasteiger partial charge in [-0.3, -0.25) is 0 Å². The Bertz CT molecular complexity index is 752. The number of aromatic nitrogens is 1. The highest BCUT2D eigenvalue weighted by atomic mass is 79.9. The Labute approximate surface area is 118 Å². The number of rotatable bonds is 2. The maximum Gasteiger partial charge on any atom is 0.230 e. The van der Waals surface area contributed by atoms with Crippen molar-refractivity contribution < 1.29 is 9.26 Å². The lowest BCUT2D eigenvalue weighted by Gasteiger charge is -2.11. The monoisotopic (exact) mass is 318 g/mol. The SMILES string of the molecule is COc1ccc2cc(Br)ccc2c1-c1cnoc1N. The van der Waals surface area contributed by atoms with E-state index in [0.717, 1.165) is 32.1 Å². The van der Waals surface area contributed by atoms with Gasteiger partial charge in [0.15, 0.2) is 0 Å². The van der Waals surface area contributed by atoms with Gasteiger partial charge in [0.1, 0.15) is 5.75 Å². The Kier molecular flexibility index (Phi) is 2.91. The second-order valence-corrected chi connectivity index (χ2v) is 5.03. The number of benzene rings is 2. The number of nitrogens with zero attached hydrogens (tertiary/aromatic N) is 1. The summed E-state index contributed by atoms with van der Waals surface area (Å²) in [6, 6.07) is 9.96. The van der Waals surface area contributed by atoms with Gasteiger partial charge in [-0.05, 0) is 29.0 Å². The number of anilines is 1. The lowest BCUT2D eigenvalue weighted by molar-refractivity contribution is 0.417. The fraction of sp³-hybridized carbons (Fsp3) is 0.0714. The van der Waals surface area contributed by atoms with E-state index in [4.69, 9.17) is 15.0 Å². The second kappa shape index (κ2) is 4.59. The van der Waals surface area contributed by atoms with Gasteiger partial charge in [0.2, 0.25) is 5.88 Å². The van der Waals surface area contributed by atoms with Crippen LogP contribution in [0.2, 0.25) is 0 Å². The molecule has 0 bridgehead atoms. The van der Waals surface area contributed by atoms with Crippen LogP contribution < -0.4 is 10.5 Å². The summed E-state index contributed by atoms with van der Waals surface area (Å²) >= 11 is 3.47. The first-order valence-corrected chi connectivity index (χ1v) is 6.47. The fourth-order valence-corrected chi connectivity index (χ4v) is 2.54. The standard InChI is InChI=1S/C14H11BrN2O2/c1-18-12-5-2-8-6-9(15)3-4-10(8)13(12)11-7-17-19-14(11)16/h2-7H,16H2,1H3. The van der Waals surface area contributed by atoms with Gasteiger partial charge >= 0.3 is 0 Å². The van der Waals surface area contributed by atoms with Crippen LogP contribution in [0.3, 0.4) is 0 Å². The minimum Gasteiger partial charge on any atom is -0.496 e. The van der Waals surface area contributed by atoms with Gasteiger partial charge in [-0.2, -0.15) is 0 Å². The number of hydrogen-bond donors (Lipinski definition) is 1. The van der Waals surface area contributed by atoms with Crippen LogP contribution in [0.4, 0.5) is 5.88 Å². The van der Waals surface area contributed by atoms with E-state index in [1.807, 2.05) is 30.3 Å². The molecule has 0 amide bonds. The predicted molar refractivity (Wildman–Crippen MR) is 78.1 cm³/mol. The van der Waals surface area contributed by atoms with Gasteiger partial charge in [-0.25, -0.2) is 0 Å². The van der Waals surface area contributed by atoms with E-state index < -0.39 is 0 Å². The van der Waals surface area contributed by atoms with Crippen molar-refractivity contribution in [1.82, 2.24) is 5.16 Å². The predicted octanol–water partition coefficient (Wildman–Crippen LogP) is 3.85. The quantitative estimate of drug-likeness (QED) is 0.779. The van der Waals surface area contributed by atoms with E-state index in [2.05, 4.69) is 21.1 Å². The third-order valence-corrected chi connectivity index (χ3v) is 3.52. The number of hydrogen-bond acceptors (Lipinski definition) is 4. The topological polar surface area (TPSA) is 61.3 Å². The molecular weight excluding hydrogens is 308 g/mol. The lowest BCUT2D eigenvalue weighted by Crippen LogP contribution is -1.91. The second-order valence-electron chi connectivity index (χ2n) is 4.11. The molecule has 2 aromatic carbocycles. The van der Waals surface area contributed by atoms with Gasteiger partial charge in [-0.1, -0.05) is 33.2 Å². The Hall–Kier alpha value is -2.01. The van der Waals surface area contributed by atoms with Crippen molar-refractivity contribution in [3.8, 4) is 16.9 Å². The van der Waals surface area contributed by atoms with Gasteiger partial charge in [0.05, 0.1) is 18.9 Å². The summed E-state index contributed by atoms with van der Waals surface area (Å²) in [6.07, 6.45) is 1.61. The first-order chi connectivity index (χ1) is 9.20. The summed E-state index contributed by atoms with van der Waals surface area (Å²) in [5.74, 6) is 1.03. The van der Waals surface area contributed by atoms with Crippen LogP contribution in [0, 0.1) is 0 Å². The van der Waals surface area contributed by atoms with Crippen LogP contribution in [-0.2, 0) is 0 Å². The first-order valence-electron chi connectivity index (χ1n) is 5.67. The maximum absolute atomic E-state index is 5.82. The molecule has 0 aliphatic heterocycles. The van der Waals surface area contributed by atoms with Crippen molar-refractivity contribution >= 4 is 32.6 Å². The van der Waals surface area contributed by atoms with Crippen molar-refractivity contribution in [3.63, 3.8) is 0 Å². The molecule has 96 valence electrons. The molecule has 0 radical (unpaired) electrons. The van der Waals surface area contributed by atoms with E-state index in [0.29, 0.717) is 0 Å². The molecular formula is C14H11BrN2O2. The van der Waals surface area contributed by atoms with Crippen LogP contribution in [0.1, 0.15) is 0 Å². The van der Waals surface area contributed by atoms with Crippen molar-refractivity contribution in [1.29, 1.82) is 0 Å². The van der Waals surface area contributed by atoms with Crippen LogP contribution >= 0.6 is 15.9 Å². The highest BCUT2D eigenvalue weighted by molar-refractivity contribution is 9.10. The molecule has 0 saturated heterocycles. The number of ether oxygens (including phenoxy) is 1. The smallest absolute Gasteiger partial charge is 0.230 e. The van der Waals surface area contributed by atoms with Crippen molar-refractivity contribution in [2.75, 3.05) is 12.8 Å². The van der Waals surface area contributed by atoms with Gasteiger partial charge < -0.3 is 15.0 Å². The highest BCUT2D eigenvalue weighted by Gasteiger charge is 2.16. The van der Waals surface area contributed by atoms with E-state index in [1.54, 1.807) is 13.3 Å². The first kappa shape index (κ1) is 12.0. The molecule has 5 heteroatoms. The Morgan fingerprint density at radius 1 is 1.26 bits per heavy atom. The minimum absolute atomic E-state index is 0.286. The molecule has 0 atom stereocenters. The van der Waals surface area contributed by atoms with E-state index in [9.17, 15) is 0 Å². The number of fused-ring (bicyclic) bond motifs is 1. The minimum atomic E-state index is 0.286. The number of nitrogen functional groups attached to an aromatic ring is 1. The molecule has 3 rings (SSSR count). The van der Waals surface area contributed by atoms with Crippen molar-refractivity contribution in [2.24, 2.45) is 0 Å². The largest absolute Gasteiger partial charge is 0.496 e. The molecule has 0 aliphatic rings. The van der Waals surface area contributed by atoms with Crippen LogP contribution in [0.15, 0.2) is 45.5 Å². The molecule has 1 aromatic heterocycles. The zero-order chi connectivity index (χ0) is 13.4.